The molecule has 0 fully saturated rings. The second-order valence-electron chi connectivity index (χ2n) is 7.18. The van der Waals surface area contributed by atoms with E-state index in [2.05, 4.69) is 20.2 Å². The zero-order valence-electron chi connectivity index (χ0n) is 17.3. The van der Waals surface area contributed by atoms with Crippen molar-refractivity contribution in [3.8, 4) is 11.1 Å². The molecule has 3 aromatic carbocycles. The topological polar surface area (TPSA) is 136 Å². The lowest BCUT2D eigenvalue weighted by Crippen LogP contribution is -2.26. The van der Waals surface area contributed by atoms with Gasteiger partial charge in [-0.15, -0.1) is 0 Å². The molecule has 0 saturated heterocycles. The average Bonchev–Trinajstić information content (AvgIpc) is 3.21. The first-order valence-electron chi connectivity index (χ1n) is 9.77. The fourth-order valence-electron chi connectivity index (χ4n) is 3.36. The van der Waals surface area contributed by atoms with Crippen molar-refractivity contribution in [3.63, 3.8) is 0 Å². The maximum atomic E-state index is 12.9. The minimum atomic E-state index is -3.77. The van der Waals surface area contributed by atoms with Gasteiger partial charge in [0.05, 0.1) is 10.6 Å². The maximum absolute atomic E-state index is 12.9. The Morgan fingerprint density at radius 2 is 1.69 bits per heavy atom. The van der Waals surface area contributed by atoms with Crippen LogP contribution in [0.15, 0.2) is 89.0 Å². The van der Waals surface area contributed by atoms with Crippen LogP contribution in [0.5, 0.6) is 0 Å². The van der Waals surface area contributed by atoms with Gasteiger partial charge in [-0.1, -0.05) is 42.5 Å². The largest absolute Gasteiger partial charge is 0.369 e. The number of nitrogens with two attached hydrogens (primary N) is 1. The number of nitrogens with one attached hydrogen (secondary N) is 4. The molecule has 0 amide bonds. The molecule has 9 heteroatoms. The van der Waals surface area contributed by atoms with Gasteiger partial charge in [-0.05, 0) is 48.4 Å². The van der Waals surface area contributed by atoms with Gasteiger partial charge in [0.1, 0.15) is 0 Å². The molecule has 0 aliphatic rings. The lowest BCUT2D eigenvalue weighted by Gasteiger charge is -2.10. The number of nitrogens with zero attached hydrogens (tertiary/aromatic N) is 1. The van der Waals surface area contributed by atoms with E-state index >= 15 is 0 Å². The van der Waals surface area contributed by atoms with Crippen LogP contribution in [0.2, 0.25) is 0 Å². The zero-order valence-corrected chi connectivity index (χ0v) is 18.1. The summed E-state index contributed by atoms with van der Waals surface area (Å²) in [6, 6.07) is 21.8. The minimum absolute atomic E-state index is 0.176. The van der Waals surface area contributed by atoms with Gasteiger partial charge in [0.2, 0.25) is 5.96 Å². The van der Waals surface area contributed by atoms with Gasteiger partial charge >= 0.3 is 0 Å². The zero-order chi connectivity index (χ0) is 22.7. The summed E-state index contributed by atoms with van der Waals surface area (Å²) < 4.78 is 28.5. The highest BCUT2D eigenvalue weighted by molar-refractivity contribution is 7.92. The fourth-order valence-corrected chi connectivity index (χ4v) is 4.41. The number of hydrogen-bond acceptors (Lipinski definition) is 4. The molecule has 0 bridgehead atoms. The lowest BCUT2D eigenvalue weighted by molar-refractivity contribution is 0.601. The Bertz CT molecular complexity index is 1410. The van der Waals surface area contributed by atoms with Crippen LogP contribution in [0, 0.1) is 5.41 Å². The average molecular weight is 447 g/mol. The Morgan fingerprint density at radius 3 is 2.38 bits per heavy atom. The molecule has 1 heterocycles. The lowest BCUT2D eigenvalue weighted by atomic mass is 10.1. The molecule has 8 nitrogen and oxygen atoms in total. The summed E-state index contributed by atoms with van der Waals surface area (Å²) in [6.45, 7) is 1.77. The van der Waals surface area contributed by atoms with Crippen molar-refractivity contribution in [2.75, 3.05) is 4.72 Å². The van der Waals surface area contributed by atoms with E-state index in [9.17, 15) is 8.42 Å². The van der Waals surface area contributed by atoms with E-state index in [1.54, 1.807) is 55.6 Å². The number of guanidine groups is 1. The van der Waals surface area contributed by atoms with Crippen molar-refractivity contribution in [1.82, 2.24) is 10.4 Å². The molecule has 4 aromatic rings. The summed E-state index contributed by atoms with van der Waals surface area (Å²) in [5.41, 5.74) is 12.3. The maximum Gasteiger partial charge on any atom is 0.261 e. The normalized spacial score (nSPS) is 12.0. The third-order valence-electron chi connectivity index (χ3n) is 4.94. The van der Waals surface area contributed by atoms with Crippen molar-refractivity contribution in [2.45, 2.75) is 11.8 Å². The first kappa shape index (κ1) is 21.1. The van der Waals surface area contributed by atoms with Gasteiger partial charge in [-0.2, -0.15) is 5.10 Å². The van der Waals surface area contributed by atoms with Crippen LogP contribution >= 0.6 is 0 Å². The van der Waals surface area contributed by atoms with Crippen molar-refractivity contribution in [2.24, 2.45) is 10.8 Å². The molecular weight excluding hydrogens is 424 g/mol. The van der Waals surface area contributed by atoms with E-state index in [1.165, 1.54) is 0 Å². The van der Waals surface area contributed by atoms with Crippen LogP contribution in [-0.4, -0.2) is 25.1 Å². The number of hydrazone groups is 1. The van der Waals surface area contributed by atoms with Gasteiger partial charge in [-0.3, -0.25) is 10.1 Å². The second-order valence-corrected chi connectivity index (χ2v) is 8.86. The molecule has 0 spiro atoms. The third-order valence-corrected chi connectivity index (χ3v) is 6.34. The van der Waals surface area contributed by atoms with E-state index in [1.807, 2.05) is 30.3 Å². The van der Waals surface area contributed by atoms with Crippen LogP contribution in [0.25, 0.3) is 22.0 Å². The van der Waals surface area contributed by atoms with Crippen molar-refractivity contribution in [1.29, 1.82) is 5.41 Å². The Balaban J connectivity index is 1.60. The molecule has 4 rings (SSSR count). The summed E-state index contributed by atoms with van der Waals surface area (Å²) >= 11 is 0. The quantitative estimate of drug-likeness (QED) is 0.175. The highest BCUT2D eigenvalue weighted by atomic mass is 32.2. The molecule has 162 valence electrons. The van der Waals surface area contributed by atoms with Crippen LogP contribution in [0.3, 0.4) is 0 Å². The Hall–Kier alpha value is -4.11. The van der Waals surface area contributed by atoms with Crippen LogP contribution in [0.4, 0.5) is 5.69 Å². The first-order chi connectivity index (χ1) is 15.3. The number of sulfonamides is 1. The van der Waals surface area contributed by atoms with Crippen LogP contribution < -0.4 is 15.9 Å². The molecule has 0 atom stereocenters. The molecule has 6 N–H and O–H groups in total. The number of fused-ring (bicyclic) bond motifs is 1. The molecule has 32 heavy (non-hydrogen) atoms. The number of aromatic nitrogens is 1. The summed E-state index contributed by atoms with van der Waals surface area (Å²) in [5, 5.41) is 12.1. The van der Waals surface area contributed by atoms with Crippen LogP contribution in [0.1, 0.15) is 12.5 Å². The molecule has 0 unspecified atom stereocenters. The smallest absolute Gasteiger partial charge is 0.261 e. The van der Waals surface area contributed by atoms with Gasteiger partial charge in [-0.25, -0.2) is 13.8 Å². The molecule has 0 aliphatic heterocycles. The second kappa shape index (κ2) is 8.56. The van der Waals surface area contributed by atoms with Gasteiger partial charge < -0.3 is 10.7 Å². The predicted molar refractivity (Wildman–Crippen MR) is 128 cm³/mol. The number of benzene rings is 3. The van der Waals surface area contributed by atoms with Crippen molar-refractivity contribution >= 4 is 38.3 Å². The minimum Gasteiger partial charge on any atom is -0.369 e. The van der Waals surface area contributed by atoms with Crippen molar-refractivity contribution in [3.05, 3.63) is 84.6 Å². The van der Waals surface area contributed by atoms with Gasteiger partial charge in [0.25, 0.3) is 10.0 Å². The Morgan fingerprint density at radius 1 is 1.00 bits per heavy atom. The third kappa shape index (κ3) is 4.47. The number of H-pyrrole nitrogens is 1. The fraction of sp³-hybridized carbons (Fsp3) is 0.0435. The number of rotatable bonds is 6. The monoisotopic (exact) mass is 446 g/mol. The highest BCUT2D eigenvalue weighted by Gasteiger charge is 2.16. The van der Waals surface area contributed by atoms with Crippen molar-refractivity contribution < 1.29 is 8.42 Å². The van der Waals surface area contributed by atoms with E-state index in [0.29, 0.717) is 11.4 Å². The molecule has 0 radical (unpaired) electrons. The molecular formula is C23H22N6O2S. The molecule has 1 aromatic heterocycles. The van der Waals surface area contributed by atoms with E-state index in [-0.39, 0.29) is 10.9 Å². The summed E-state index contributed by atoms with van der Waals surface area (Å²) in [4.78, 5) is 3.31. The van der Waals surface area contributed by atoms with Gasteiger partial charge in [0, 0.05) is 28.4 Å². The Kier molecular flexibility index (Phi) is 5.65. The predicted octanol–water partition coefficient (Wildman–Crippen LogP) is 3.84. The number of aromatic amines is 1. The summed E-state index contributed by atoms with van der Waals surface area (Å²) in [6.07, 6.45) is 1.77. The standard InChI is InChI=1S/C23H22N6O2S/c1-15(27-28-23(24)25)21-14-26-22-12-9-18(13-20(21)22)29-32(30,31)19-10-7-17(8-11-19)16-5-3-2-4-6-16/h2-14,26,29H,1H3,(H4,24,25,28)/b27-15+. The first-order valence-corrected chi connectivity index (χ1v) is 11.3. The number of hydrogen-bond donors (Lipinski definition) is 5. The summed E-state index contributed by atoms with van der Waals surface area (Å²) in [5.74, 6) is -0.268. The number of anilines is 1. The van der Waals surface area contributed by atoms with Gasteiger partial charge in [0.15, 0.2) is 0 Å². The Labute approximate surface area is 185 Å². The van der Waals surface area contributed by atoms with E-state index < -0.39 is 10.0 Å². The summed E-state index contributed by atoms with van der Waals surface area (Å²) in [7, 11) is -3.77. The SMILES string of the molecule is C/C(=N\NC(=N)N)c1c[nH]c2ccc(NS(=O)(=O)c3ccc(-c4ccccc4)cc3)cc12. The van der Waals surface area contributed by atoms with Crippen LogP contribution in [-0.2, 0) is 10.0 Å². The van der Waals surface area contributed by atoms with E-state index in [4.69, 9.17) is 11.1 Å². The van der Waals surface area contributed by atoms with E-state index in [0.717, 1.165) is 27.6 Å². The molecule has 0 aliphatic carbocycles. The molecule has 0 saturated carbocycles. The highest BCUT2D eigenvalue weighted by Crippen LogP contribution is 2.26.